The highest BCUT2D eigenvalue weighted by Gasteiger charge is 2.26. The maximum atomic E-state index is 12.7. The first kappa shape index (κ1) is 16.3. The lowest BCUT2D eigenvalue weighted by Crippen LogP contribution is -2.27. The molecule has 0 saturated heterocycles. The van der Waals surface area contributed by atoms with E-state index in [1.807, 2.05) is 54.6 Å². The van der Waals surface area contributed by atoms with Crippen LogP contribution in [0.4, 0.5) is 5.69 Å². The minimum absolute atomic E-state index is 0.106. The molecular formula is C21H19N3O2. The van der Waals surface area contributed by atoms with Crippen molar-refractivity contribution in [2.75, 3.05) is 5.32 Å². The van der Waals surface area contributed by atoms with E-state index >= 15 is 0 Å². The van der Waals surface area contributed by atoms with Gasteiger partial charge in [0.2, 0.25) is 5.43 Å². The molecule has 5 nitrogen and oxygen atoms in total. The number of anilines is 1. The molecule has 1 N–H and O–H groups in total. The number of hydrogen-bond acceptors (Lipinski definition) is 3. The van der Waals surface area contributed by atoms with Gasteiger partial charge in [0.25, 0.3) is 5.91 Å². The minimum Gasteiger partial charge on any atom is -0.320 e. The third-order valence-corrected chi connectivity index (χ3v) is 4.55. The lowest BCUT2D eigenvalue weighted by Gasteiger charge is -2.13. The first-order valence-corrected chi connectivity index (χ1v) is 8.70. The van der Waals surface area contributed by atoms with Gasteiger partial charge in [-0.2, -0.15) is 5.10 Å². The fourth-order valence-electron chi connectivity index (χ4n) is 3.08. The topological polar surface area (TPSA) is 64.0 Å². The Balaban J connectivity index is 1.69. The summed E-state index contributed by atoms with van der Waals surface area (Å²) >= 11 is 0. The van der Waals surface area contributed by atoms with Crippen molar-refractivity contribution in [1.29, 1.82) is 0 Å². The standard InChI is InChI=1S/C21H19N3O2/c1-14-13-19(25)20(23-24(14)16-7-3-2-4-8-16)21(26)22-18-10-6-5-9-17(18)15-11-12-15/h2-10,13,15H,11-12H2,1H3,(H,22,26). The Morgan fingerprint density at radius 1 is 1.08 bits per heavy atom. The minimum atomic E-state index is -0.479. The second kappa shape index (κ2) is 6.59. The number of carbonyl (C=O) groups is 1. The van der Waals surface area contributed by atoms with E-state index in [1.165, 1.54) is 6.07 Å². The molecule has 1 fully saturated rings. The predicted molar refractivity (Wildman–Crippen MR) is 101 cm³/mol. The SMILES string of the molecule is Cc1cc(=O)c(C(=O)Nc2ccccc2C2CC2)nn1-c1ccccc1. The van der Waals surface area contributed by atoms with Crippen LogP contribution in [0.2, 0.25) is 0 Å². The summed E-state index contributed by atoms with van der Waals surface area (Å²) in [5.41, 5.74) is 2.87. The van der Waals surface area contributed by atoms with Gasteiger partial charge < -0.3 is 5.32 Å². The highest BCUT2D eigenvalue weighted by molar-refractivity contribution is 6.03. The molecule has 1 aliphatic carbocycles. The summed E-state index contributed by atoms with van der Waals surface area (Å²) in [4.78, 5) is 25.1. The molecule has 4 rings (SSSR count). The van der Waals surface area contributed by atoms with Gasteiger partial charge in [0, 0.05) is 17.4 Å². The Morgan fingerprint density at radius 3 is 2.50 bits per heavy atom. The van der Waals surface area contributed by atoms with Crippen molar-refractivity contribution in [2.24, 2.45) is 0 Å². The van der Waals surface area contributed by atoms with Crippen LogP contribution in [0.25, 0.3) is 5.69 Å². The van der Waals surface area contributed by atoms with Crippen LogP contribution in [0, 0.1) is 6.92 Å². The van der Waals surface area contributed by atoms with Crippen LogP contribution in [0.3, 0.4) is 0 Å². The number of amides is 1. The third kappa shape index (κ3) is 3.16. The number of carbonyl (C=O) groups excluding carboxylic acids is 1. The average molecular weight is 345 g/mol. The number of para-hydroxylation sites is 2. The normalized spacial score (nSPS) is 13.4. The second-order valence-corrected chi connectivity index (χ2v) is 6.56. The van der Waals surface area contributed by atoms with Crippen LogP contribution in [0.5, 0.6) is 0 Å². The summed E-state index contributed by atoms with van der Waals surface area (Å²) in [5, 5.41) is 7.19. The monoisotopic (exact) mass is 345 g/mol. The molecule has 0 bridgehead atoms. The van der Waals surface area contributed by atoms with E-state index in [9.17, 15) is 9.59 Å². The Labute approximate surface area is 151 Å². The van der Waals surface area contributed by atoms with Crippen molar-refractivity contribution in [2.45, 2.75) is 25.7 Å². The molecule has 130 valence electrons. The molecule has 0 spiro atoms. The molecule has 0 aliphatic heterocycles. The number of benzene rings is 2. The predicted octanol–water partition coefficient (Wildman–Crippen LogP) is 3.67. The van der Waals surface area contributed by atoms with Gasteiger partial charge in [-0.15, -0.1) is 0 Å². The van der Waals surface area contributed by atoms with Crippen LogP contribution in [-0.4, -0.2) is 15.7 Å². The van der Waals surface area contributed by atoms with E-state index in [1.54, 1.807) is 11.6 Å². The van der Waals surface area contributed by atoms with Crippen molar-refractivity contribution in [3.8, 4) is 5.69 Å². The van der Waals surface area contributed by atoms with Crippen molar-refractivity contribution in [3.63, 3.8) is 0 Å². The number of hydrogen-bond donors (Lipinski definition) is 1. The first-order valence-electron chi connectivity index (χ1n) is 8.70. The molecule has 26 heavy (non-hydrogen) atoms. The zero-order chi connectivity index (χ0) is 18.1. The number of nitrogens with zero attached hydrogens (tertiary/aromatic N) is 2. The lowest BCUT2D eigenvalue weighted by molar-refractivity contribution is 0.101. The van der Waals surface area contributed by atoms with E-state index in [0.717, 1.165) is 29.8 Å². The number of rotatable bonds is 4. The average Bonchev–Trinajstić information content (AvgIpc) is 3.48. The zero-order valence-electron chi connectivity index (χ0n) is 14.5. The Morgan fingerprint density at radius 2 is 1.77 bits per heavy atom. The number of aryl methyl sites for hydroxylation is 1. The summed E-state index contributed by atoms with van der Waals surface area (Å²) < 4.78 is 1.61. The maximum Gasteiger partial charge on any atom is 0.280 e. The first-order chi connectivity index (χ1) is 12.6. The van der Waals surface area contributed by atoms with E-state index in [2.05, 4.69) is 10.4 Å². The van der Waals surface area contributed by atoms with E-state index in [4.69, 9.17) is 0 Å². The van der Waals surface area contributed by atoms with Gasteiger partial charge in [-0.25, -0.2) is 4.68 Å². The Bertz CT molecular complexity index is 1020. The van der Waals surface area contributed by atoms with Crippen molar-refractivity contribution < 1.29 is 4.79 Å². The van der Waals surface area contributed by atoms with Gasteiger partial charge in [0.1, 0.15) is 0 Å². The molecule has 1 heterocycles. The van der Waals surface area contributed by atoms with Gasteiger partial charge in [0.15, 0.2) is 5.69 Å². The van der Waals surface area contributed by atoms with Gasteiger partial charge >= 0.3 is 0 Å². The van der Waals surface area contributed by atoms with E-state index in [-0.39, 0.29) is 11.1 Å². The van der Waals surface area contributed by atoms with Crippen LogP contribution in [0.15, 0.2) is 65.5 Å². The lowest BCUT2D eigenvalue weighted by atomic mass is 10.1. The fraction of sp³-hybridized carbons (Fsp3) is 0.190. The molecule has 1 amide bonds. The summed E-state index contributed by atoms with van der Waals surface area (Å²) in [6.45, 7) is 1.80. The molecular weight excluding hydrogens is 326 g/mol. The van der Waals surface area contributed by atoms with E-state index < -0.39 is 5.91 Å². The summed E-state index contributed by atoms with van der Waals surface area (Å²) in [6, 6.07) is 18.6. The quantitative estimate of drug-likeness (QED) is 0.785. The largest absolute Gasteiger partial charge is 0.320 e. The zero-order valence-corrected chi connectivity index (χ0v) is 14.5. The van der Waals surface area contributed by atoms with Crippen molar-refractivity contribution >= 4 is 11.6 Å². The summed E-state index contributed by atoms with van der Waals surface area (Å²) in [7, 11) is 0. The number of aromatic nitrogens is 2. The van der Waals surface area contributed by atoms with Crippen molar-refractivity contribution in [1.82, 2.24) is 9.78 Å². The van der Waals surface area contributed by atoms with Crippen LogP contribution in [0.1, 0.15) is 40.5 Å². The maximum absolute atomic E-state index is 12.7. The third-order valence-electron chi connectivity index (χ3n) is 4.55. The molecule has 5 heteroatoms. The highest BCUT2D eigenvalue weighted by Crippen LogP contribution is 2.43. The van der Waals surface area contributed by atoms with Crippen molar-refractivity contribution in [3.05, 3.63) is 87.8 Å². The molecule has 1 aromatic heterocycles. The Hall–Kier alpha value is -3.21. The Kier molecular flexibility index (Phi) is 4.13. The molecule has 2 aromatic carbocycles. The fourth-order valence-corrected chi connectivity index (χ4v) is 3.08. The molecule has 1 saturated carbocycles. The molecule has 0 radical (unpaired) electrons. The molecule has 0 atom stereocenters. The molecule has 1 aliphatic rings. The van der Waals surface area contributed by atoms with Crippen LogP contribution < -0.4 is 10.7 Å². The smallest absolute Gasteiger partial charge is 0.280 e. The van der Waals surface area contributed by atoms with Crippen LogP contribution in [-0.2, 0) is 0 Å². The van der Waals surface area contributed by atoms with Crippen LogP contribution >= 0.6 is 0 Å². The molecule has 0 unspecified atom stereocenters. The van der Waals surface area contributed by atoms with Gasteiger partial charge in [0.05, 0.1) is 5.69 Å². The number of nitrogens with one attached hydrogen (secondary N) is 1. The summed E-state index contributed by atoms with van der Waals surface area (Å²) in [5.74, 6) is 0.0197. The highest BCUT2D eigenvalue weighted by atomic mass is 16.2. The van der Waals surface area contributed by atoms with Gasteiger partial charge in [-0.05, 0) is 49.4 Å². The van der Waals surface area contributed by atoms with Gasteiger partial charge in [-0.3, -0.25) is 9.59 Å². The van der Waals surface area contributed by atoms with Gasteiger partial charge in [-0.1, -0.05) is 36.4 Å². The van der Waals surface area contributed by atoms with E-state index in [0.29, 0.717) is 11.6 Å². The summed E-state index contributed by atoms with van der Waals surface area (Å²) in [6.07, 6.45) is 2.27. The molecule has 3 aromatic rings. The second-order valence-electron chi connectivity index (χ2n) is 6.56.